The molecule has 1 fully saturated rings. The van der Waals surface area contributed by atoms with Crippen molar-refractivity contribution in [3.05, 3.63) is 63.9 Å². The van der Waals surface area contributed by atoms with Crippen LogP contribution in [-0.2, 0) is 11.3 Å². The summed E-state index contributed by atoms with van der Waals surface area (Å²) in [5.74, 6) is 1.10. The van der Waals surface area contributed by atoms with Gasteiger partial charge in [-0.15, -0.1) is 0 Å². The Hall–Kier alpha value is -3.15. The second-order valence-electron chi connectivity index (χ2n) is 8.39. The van der Waals surface area contributed by atoms with E-state index >= 15 is 0 Å². The molecule has 1 atom stereocenters. The van der Waals surface area contributed by atoms with Crippen molar-refractivity contribution in [2.75, 3.05) is 23.3 Å². The molecule has 1 unspecified atom stereocenters. The standard InChI is InChI=1S/C24H28N4O2/c1-16-10-11-21(18(3)13-16)25-22(29)15-28-24(30)20-9-5-4-8-19(20)23(26-28)27-12-6-7-17(2)14-27/h4-5,8-11,13,17H,6-7,12,14-15H2,1-3H3,(H,25,29). The van der Waals surface area contributed by atoms with Crippen LogP contribution >= 0.6 is 0 Å². The number of nitrogens with zero attached hydrogens (tertiary/aromatic N) is 3. The average Bonchev–Trinajstić information content (AvgIpc) is 2.72. The highest BCUT2D eigenvalue weighted by Gasteiger charge is 2.22. The Morgan fingerprint density at radius 2 is 1.93 bits per heavy atom. The predicted molar refractivity (Wildman–Crippen MR) is 121 cm³/mol. The number of rotatable bonds is 4. The minimum absolute atomic E-state index is 0.118. The third-order valence-corrected chi connectivity index (χ3v) is 5.75. The van der Waals surface area contributed by atoms with Gasteiger partial charge in [-0.1, -0.05) is 42.8 Å². The first kappa shape index (κ1) is 20.1. The van der Waals surface area contributed by atoms with Crippen LogP contribution in [-0.4, -0.2) is 28.8 Å². The molecule has 1 N–H and O–H groups in total. The normalized spacial score (nSPS) is 16.6. The largest absolute Gasteiger partial charge is 0.354 e. The summed E-state index contributed by atoms with van der Waals surface area (Å²) < 4.78 is 1.30. The van der Waals surface area contributed by atoms with Gasteiger partial charge in [0.15, 0.2) is 5.82 Å². The van der Waals surface area contributed by atoms with E-state index in [-0.39, 0.29) is 18.0 Å². The van der Waals surface area contributed by atoms with Crippen molar-refractivity contribution in [1.29, 1.82) is 0 Å². The predicted octanol–water partition coefficient (Wildman–Crippen LogP) is 3.89. The van der Waals surface area contributed by atoms with Crippen molar-refractivity contribution in [2.45, 2.75) is 40.2 Å². The van der Waals surface area contributed by atoms with Crippen LogP contribution in [0.4, 0.5) is 11.5 Å². The van der Waals surface area contributed by atoms with Crippen LogP contribution in [0.2, 0.25) is 0 Å². The first-order valence-corrected chi connectivity index (χ1v) is 10.5. The SMILES string of the molecule is Cc1ccc(NC(=O)Cn2nc(N3CCCC(C)C3)c3ccccc3c2=O)c(C)c1. The van der Waals surface area contributed by atoms with E-state index in [1.807, 2.05) is 56.3 Å². The van der Waals surface area contributed by atoms with Crippen molar-refractivity contribution in [1.82, 2.24) is 9.78 Å². The third-order valence-electron chi connectivity index (χ3n) is 5.75. The molecule has 2 aromatic carbocycles. The topological polar surface area (TPSA) is 67.2 Å². The lowest BCUT2D eigenvalue weighted by Gasteiger charge is -2.32. The fraction of sp³-hybridized carbons (Fsp3) is 0.375. The van der Waals surface area contributed by atoms with Gasteiger partial charge in [-0.3, -0.25) is 9.59 Å². The molecule has 1 amide bonds. The molecule has 0 bridgehead atoms. The summed E-state index contributed by atoms with van der Waals surface area (Å²) >= 11 is 0. The zero-order chi connectivity index (χ0) is 21.3. The van der Waals surface area contributed by atoms with E-state index in [1.165, 1.54) is 11.1 Å². The molecule has 1 aliphatic heterocycles. The summed E-state index contributed by atoms with van der Waals surface area (Å²) in [6.45, 7) is 7.91. The number of carbonyl (C=O) groups is 1. The third kappa shape index (κ3) is 4.08. The van der Waals surface area contributed by atoms with E-state index < -0.39 is 0 Å². The monoisotopic (exact) mass is 404 g/mol. The Morgan fingerprint density at radius 1 is 1.17 bits per heavy atom. The molecule has 30 heavy (non-hydrogen) atoms. The molecule has 2 heterocycles. The van der Waals surface area contributed by atoms with Gasteiger partial charge in [0.25, 0.3) is 5.56 Å². The summed E-state index contributed by atoms with van der Waals surface area (Å²) in [6.07, 6.45) is 2.30. The molecule has 6 heteroatoms. The van der Waals surface area contributed by atoms with Crippen molar-refractivity contribution in [2.24, 2.45) is 5.92 Å². The molecule has 1 aliphatic rings. The number of carbonyl (C=O) groups excluding carboxylic acids is 1. The number of fused-ring (bicyclic) bond motifs is 1. The van der Waals surface area contributed by atoms with Crippen molar-refractivity contribution in [3.63, 3.8) is 0 Å². The number of piperidine rings is 1. The molecule has 3 aromatic rings. The zero-order valence-corrected chi connectivity index (χ0v) is 17.8. The average molecular weight is 405 g/mol. The number of amides is 1. The van der Waals surface area contributed by atoms with E-state index in [2.05, 4.69) is 22.2 Å². The molecular weight excluding hydrogens is 376 g/mol. The van der Waals surface area contributed by atoms with E-state index in [9.17, 15) is 9.59 Å². The molecule has 156 valence electrons. The zero-order valence-electron chi connectivity index (χ0n) is 17.8. The van der Waals surface area contributed by atoms with Crippen molar-refractivity contribution >= 4 is 28.2 Å². The summed E-state index contributed by atoms with van der Waals surface area (Å²) in [5.41, 5.74) is 2.64. The van der Waals surface area contributed by atoms with Crippen molar-refractivity contribution < 1.29 is 4.79 Å². The summed E-state index contributed by atoms with van der Waals surface area (Å²) in [7, 11) is 0. The Balaban J connectivity index is 1.67. The summed E-state index contributed by atoms with van der Waals surface area (Å²) in [5, 5.41) is 9.01. The second kappa shape index (κ2) is 8.30. The highest BCUT2D eigenvalue weighted by molar-refractivity contribution is 5.93. The summed E-state index contributed by atoms with van der Waals surface area (Å²) in [6, 6.07) is 13.4. The quantitative estimate of drug-likeness (QED) is 0.716. The van der Waals surface area contributed by atoms with Crippen LogP contribution in [0.25, 0.3) is 10.8 Å². The van der Waals surface area contributed by atoms with Crippen LogP contribution < -0.4 is 15.8 Å². The van der Waals surface area contributed by atoms with E-state index in [0.29, 0.717) is 11.3 Å². The van der Waals surface area contributed by atoms with Gasteiger partial charge in [0.05, 0.1) is 5.39 Å². The number of aromatic nitrogens is 2. The van der Waals surface area contributed by atoms with Gasteiger partial charge in [-0.25, -0.2) is 4.68 Å². The van der Waals surface area contributed by atoms with E-state index in [0.717, 1.165) is 47.5 Å². The van der Waals surface area contributed by atoms with Gasteiger partial charge in [0, 0.05) is 24.2 Å². The van der Waals surface area contributed by atoms with Crippen LogP contribution in [0.15, 0.2) is 47.3 Å². The molecule has 0 saturated carbocycles. The smallest absolute Gasteiger partial charge is 0.275 e. The van der Waals surface area contributed by atoms with Gasteiger partial charge >= 0.3 is 0 Å². The Kier molecular flexibility index (Phi) is 5.57. The maximum atomic E-state index is 13.0. The van der Waals surface area contributed by atoms with Crippen molar-refractivity contribution in [3.8, 4) is 0 Å². The number of hydrogen-bond acceptors (Lipinski definition) is 4. The molecule has 6 nitrogen and oxygen atoms in total. The Morgan fingerprint density at radius 3 is 2.67 bits per heavy atom. The summed E-state index contributed by atoms with van der Waals surface area (Å²) in [4.78, 5) is 28.0. The molecule has 1 saturated heterocycles. The lowest BCUT2D eigenvalue weighted by atomic mass is 10.00. The van der Waals surface area contributed by atoms with Crippen LogP contribution in [0.1, 0.15) is 30.9 Å². The van der Waals surface area contributed by atoms with Crippen LogP contribution in [0.3, 0.4) is 0 Å². The van der Waals surface area contributed by atoms with Crippen LogP contribution in [0.5, 0.6) is 0 Å². The number of nitrogens with one attached hydrogen (secondary N) is 1. The maximum absolute atomic E-state index is 13.0. The Labute approximate surface area is 176 Å². The van der Waals surface area contributed by atoms with E-state index in [1.54, 1.807) is 0 Å². The minimum Gasteiger partial charge on any atom is -0.354 e. The highest BCUT2D eigenvalue weighted by atomic mass is 16.2. The van der Waals surface area contributed by atoms with Gasteiger partial charge in [-0.2, -0.15) is 5.10 Å². The molecule has 1 aromatic heterocycles. The number of benzene rings is 2. The number of anilines is 2. The van der Waals surface area contributed by atoms with Gasteiger partial charge in [0.2, 0.25) is 5.91 Å². The fourth-order valence-corrected chi connectivity index (χ4v) is 4.22. The van der Waals surface area contributed by atoms with Gasteiger partial charge < -0.3 is 10.2 Å². The molecule has 0 aliphatic carbocycles. The fourth-order valence-electron chi connectivity index (χ4n) is 4.22. The Bertz CT molecular complexity index is 1150. The number of aryl methyl sites for hydroxylation is 2. The molecule has 0 radical (unpaired) electrons. The molecule has 0 spiro atoms. The van der Waals surface area contributed by atoms with Crippen LogP contribution in [0, 0.1) is 19.8 Å². The lowest BCUT2D eigenvalue weighted by Crippen LogP contribution is -2.38. The lowest BCUT2D eigenvalue weighted by molar-refractivity contribution is -0.117. The van der Waals surface area contributed by atoms with Gasteiger partial charge in [-0.05, 0) is 50.3 Å². The molecular formula is C24H28N4O2. The minimum atomic E-state index is -0.259. The molecule has 4 rings (SSSR count). The maximum Gasteiger partial charge on any atom is 0.275 e. The first-order chi connectivity index (χ1) is 14.4. The van der Waals surface area contributed by atoms with E-state index in [4.69, 9.17) is 0 Å². The first-order valence-electron chi connectivity index (χ1n) is 10.5. The number of hydrogen-bond donors (Lipinski definition) is 1. The van der Waals surface area contributed by atoms with Gasteiger partial charge in [0.1, 0.15) is 6.54 Å². The second-order valence-corrected chi connectivity index (χ2v) is 8.39. The highest BCUT2D eigenvalue weighted by Crippen LogP contribution is 2.26.